The fourth-order valence-electron chi connectivity index (χ4n) is 3.70. The summed E-state index contributed by atoms with van der Waals surface area (Å²) in [6, 6.07) is 10.5. The van der Waals surface area contributed by atoms with Crippen LogP contribution in [-0.2, 0) is 12.7 Å². The zero-order chi connectivity index (χ0) is 21.8. The highest BCUT2D eigenvalue weighted by Crippen LogP contribution is 2.30. The van der Waals surface area contributed by atoms with Gasteiger partial charge in [0.25, 0.3) is 0 Å². The van der Waals surface area contributed by atoms with E-state index in [2.05, 4.69) is 25.1 Å². The summed E-state index contributed by atoms with van der Waals surface area (Å²) in [5.41, 5.74) is 0.457. The number of alkyl halides is 3. The zero-order valence-corrected chi connectivity index (χ0v) is 18.1. The standard InChI is InChI=1S/C22H23F4N5.ClH/c23-17-3-1-16(2-4-17)15-31-13-11-30(12-14-31)10-9-28-21-18-5-6-20(22(24,25)26)29-19(18)7-8-27-21;/h1-8H,9-15H2,(H,27,28);1H. The molecule has 1 aliphatic rings. The molecule has 3 heterocycles. The lowest BCUT2D eigenvalue weighted by Crippen LogP contribution is -2.47. The summed E-state index contributed by atoms with van der Waals surface area (Å²) in [7, 11) is 0. The van der Waals surface area contributed by atoms with Gasteiger partial charge in [-0.1, -0.05) is 12.1 Å². The molecule has 0 saturated carbocycles. The Morgan fingerprint density at radius 1 is 0.906 bits per heavy atom. The molecule has 172 valence electrons. The maximum Gasteiger partial charge on any atom is 0.433 e. The Morgan fingerprint density at radius 2 is 1.59 bits per heavy atom. The number of pyridine rings is 2. The number of aromatic nitrogens is 2. The Hall–Kier alpha value is -2.49. The second kappa shape index (κ2) is 10.4. The molecule has 1 fully saturated rings. The Morgan fingerprint density at radius 3 is 2.28 bits per heavy atom. The lowest BCUT2D eigenvalue weighted by molar-refractivity contribution is -0.140. The molecule has 0 spiro atoms. The fourth-order valence-corrected chi connectivity index (χ4v) is 3.70. The number of nitrogens with zero attached hydrogens (tertiary/aromatic N) is 4. The number of fused-ring (bicyclic) bond motifs is 1. The van der Waals surface area contributed by atoms with Crippen molar-refractivity contribution in [3.8, 4) is 0 Å². The van der Waals surface area contributed by atoms with Gasteiger partial charge in [-0.25, -0.2) is 14.4 Å². The summed E-state index contributed by atoms with van der Waals surface area (Å²) in [5.74, 6) is 0.312. The second-order valence-electron chi connectivity index (χ2n) is 7.59. The topological polar surface area (TPSA) is 44.3 Å². The summed E-state index contributed by atoms with van der Waals surface area (Å²) in [6.45, 7) is 5.92. The third-order valence-electron chi connectivity index (χ3n) is 5.41. The lowest BCUT2D eigenvalue weighted by Gasteiger charge is -2.34. The highest BCUT2D eigenvalue weighted by molar-refractivity contribution is 5.89. The monoisotopic (exact) mass is 469 g/mol. The third kappa shape index (κ3) is 6.05. The van der Waals surface area contributed by atoms with Gasteiger partial charge in [0, 0.05) is 57.4 Å². The molecule has 0 unspecified atom stereocenters. The van der Waals surface area contributed by atoms with E-state index in [0.717, 1.165) is 50.9 Å². The molecule has 0 aliphatic carbocycles. The number of rotatable bonds is 6. The van der Waals surface area contributed by atoms with Gasteiger partial charge in [0.1, 0.15) is 17.3 Å². The molecule has 4 rings (SSSR count). The van der Waals surface area contributed by atoms with Crippen LogP contribution in [-0.4, -0.2) is 59.0 Å². The van der Waals surface area contributed by atoms with E-state index in [1.807, 2.05) is 12.1 Å². The minimum atomic E-state index is -4.47. The Balaban J connectivity index is 0.00000289. The number of nitrogens with one attached hydrogen (secondary N) is 1. The van der Waals surface area contributed by atoms with Crippen molar-refractivity contribution in [3.05, 3.63) is 65.7 Å². The molecular weight excluding hydrogens is 446 g/mol. The summed E-state index contributed by atoms with van der Waals surface area (Å²) in [6.07, 6.45) is -3.00. The van der Waals surface area contributed by atoms with Crippen LogP contribution in [0.2, 0.25) is 0 Å². The van der Waals surface area contributed by atoms with Crippen LogP contribution in [0, 0.1) is 5.82 Å². The molecule has 2 aromatic heterocycles. The molecule has 32 heavy (non-hydrogen) atoms. The van der Waals surface area contributed by atoms with Crippen LogP contribution >= 0.6 is 12.4 Å². The molecule has 10 heteroatoms. The zero-order valence-electron chi connectivity index (χ0n) is 17.3. The van der Waals surface area contributed by atoms with E-state index in [-0.39, 0.29) is 23.7 Å². The summed E-state index contributed by atoms with van der Waals surface area (Å²) in [4.78, 5) is 12.6. The molecule has 1 aromatic carbocycles. The van der Waals surface area contributed by atoms with Gasteiger partial charge in [-0.2, -0.15) is 13.2 Å². The van der Waals surface area contributed by atoms with Crippen molar-refractivity contribution < 1.29 is 17.6 Å². The average Bonchev–Trinajstić information content (AvgIpc) is 2.76. The van der Waals surface area contributed by atoms with Gasteiger partial charge < -0.3 is 5.32 Å². The molecule has 0 bridgehead atoms. The average molecular weight is 470 g/mol. The molecule has 0 radical (unpaired) electrons. The van der Waals surface area contributed by atoms with E-state index < -0.39 is 11.9 Å². The minimum absolute atomic E-state index is 0. The van der Waals surface area contributed by atoms with Gasteiger partial charge >= 0.3 is 6.18 Å². The fraction of sp³-hybridized carbons (Fsp3) is 0.364. The molecule has 0 atom stereocenters. The number of hydrogen-bond donors (Lipinski definition) is 1. The van der Waals surface area contributed by atoms with E-state index >= 15 is 0 Å². The van der Waals surface area contributed by atoms with E-state index in [1.165, 1.54) is 30.5 Å². The SMILES string of the molecule is Cl.Fc1ccc(CN2CCN(CCNc3nccc4nc(C(F)(F)F)ccc34)CC2)cc1. The highest BCUT2D eigenvalue weighted by atomic mass is 35.5. The maximum absolute atomic E-state index is 13.0. The van der Waals surface area contributed by atoms with Gasteiger partial charge in [0.05, 0.1) is 5.52 Å². The van der Waals surface area contributed by atoms with Crippen LogP contribution in [0.1, 0.15) is 11.3 Å². The van der Waals surface area contributed by atoms with Crippen LogP contribution in [0.3, 0.4) is 0 Å². The smallest absolute Gasteiger partial charge is 0.368 e. The third-order valence-corrected chi connectivity index (χ3v) is 5.41. The van der Waals surface area contributed by atoms with Crippen molar-refractivity contribution in [1.82, 2.24) is 19.8 Å². The first kappa shape index (κ1) is 24.2. The van der Waals surface area contributed by atoms with Gasteiger partial charge in [0.2, 0.25) is 0 Å². The molecule has 3 aromatic rings. The van der Waals surface area contributed by atoms with Crippen LogP contribution in [0.15, 0.2) is 48.7 Å². The molecular formula is C22H24ClF4N5. The van der Waals surface area contributed by atoms with Crippen LogP contribution in [0.4, 0.5) is 23.4 Å². The normalized spacial score (nSPS) is 15.5. The van der Waals surface area contributed by atoms with Crippen molar-refractivity contribution in [3.63, 3.8) is 0 Å². The Kier molecular flexibility index (Phi) is 7.86. The van der Waals surface area contributed by atoms with Crippen LogP contribution < -0.4 is 5.32 Å². The van der Waals surface area contributed by atoms with E-state index in [1.54, 1.807) is 0 Å². The molecule has 1 N–H and O–H groups in total. The second-order valence-corrected chi connectivity index (χ2v) is 7.59. The number of piperazine rings is 1. The molecule has 0 amide bonds. The van der Waals surface area contributed by atoms with Gasteiger partial charge in [-0.15, -0.1) is 12.4 Å². The summed E-state index contributed by atoms with van der Waals surface area (Å²) in [5, 5.41) is 3.80. The first-order valence-electron chi connectivity index (χ1n) is 10.1. The lowest BCUT2D eigenvalue weighted by atomic mass is 10.2. The Labute approximate surface area is 189 Å². The highest BCUT2D eigenvalue weighted by Gasteiger charge is 2.32. The quantitative estimate of drug-likeness (QED) is 0.541. The van der Waals surface area contributed by atoms with Crippen molar-refractivity contribution in [2.75, 3.05) is 44.6 Å². The van der Waals surface area contributed by atoms with Crippen molar-refractivity contribution in [2.24, 2.45) is 0 Å². The van der Waals surface area contributed by atoms with Crippen molar-refractivity contribution >= 4 is 29.1 Å². The van der Waals surface area contributed by atoms with E-state index in [9.17, 15) is 17.6 Å². The molecule has 5 nitrogen and oxygen atoms in total. The van der Waals surface area contributed by atoms with Gasteiger partial charge in [-0.05, 0) is 35.9 Å². The maximum atomic E-state index is 13.0. The van der Waals surface area contributed by atoms with E-state index in [4.69, 9.17) is 0 Å². The largest absolute Gasteiger partial charge is 0.433 e. The summed E-state index contributed by atoms with van der Waals surface area (Å²) >= 11 is 0. The predicted octanol–water partition coefficient (Wildman–Crippen LogP) is 4.44. The predicted molar refractivity (Wildman–Crippen MR) is 118 cm³/mol. The van der Waals surface area contributed by atoms with Gasteiger partial charge in [-0.3, -0.25) is 9.80 Å². The first-order chi connectivity index (χ1) is 14.9. The van der Waals surface area contributed by atoms with Crippen LogP contribution in [0.5, 0.6) is 0 Å². The van der Waals surface area contributed by atoms with E-state index in [0.29, 0.717) is 17.7 Å². The number of benzene rings is 1. The van der Waals surface area contributed by atoms with Crippen molar-refractivity contribution in [2.45, 2.75) is 12.7 Å². The Bertz CT molecular complexity index is 1020. The summed E-state index contributed by atoms with van der Waals surface area (Å²) < 4.78 is 51.6. The number of anilines is 1. The number of hydrogen-bond acceptors (Lipinski definition) is 5. The molecule has 1 saturated heterocycles. The minimum Gasteiger partial charge on any atom is -0.368 e. The number of halogens is 5. The van der Waals surface area contributed by atoms with Crippen LogP contribution in [0.25, 0.3) is 10.9 Å². The molecule has 1 aliphatic heterocycles. The van der Waals surface area contributed by atoms with Gasteiger partial charge in [0.15, 0.2) is 0 Å². The first-order valence-corrected chi connectivity index (χ1v) is 10.1. The van der Waals surface area contributed by atoms with Crippen molar-refractivity contribution in [1.29, 1.82) is 0 Å².